The maximum absolute atomic E-state index is 12.9. The van der Waals surface area contributed by atoms with Gasteiger partial charge in [0.15, 0.2) is 12.2 Å². The minimum absolute atomic E-state index is 0.0378. The zero-order chi connectivity index (χ0) is 43.6. The van der Waals surface area contributed by atoms with Gasteiger partial charge in [0.25, 0.3) is 0 Å². The second-order valence-corrected chi connectivity index (χ2v) is 15.6. The number of aromatic nitrogens is 1. The van der Waals surface area contributed by atoms with Gasteiger partial charge in [0, 0.05) is 30.3 Å². The molecule has 0 aromatic carbocycles. The first-order valence-corrected chi connectivity index (χ1v) is 20.3. The highest BCUT2D eigenvalue weighted by Crippen LogP contribution is 2.27. The summed E-state index contributed by atoms with van der Waals surface area (Å²) in [5, 5.41) is 73.3. The van der Waals surface area contributed by atoms with Gasteiger partial charge in [-0.05, 0) is 33.3 Å². The van der Waals surface area contributed by atoms with Gasteiger partial charge in [-0.3, -0.25) is 0 Å². The largest absolute Gasteiger partial charge is 0.458 e. The Kier molecular flexibility index (Phi) is 20.8. The number of aliphatic hydroxyl groups excluding tert-OH is 7. The van der Waals surface area contributed by atoms with Gasteiger partial charge in [-0.15, -0.1) is 0 Å². The van der Waals surface area contributed by atoms with Crippen molar-refractivity contribution in [1.82, 2.24) is 4.98 Å². The number of cyclic esters (lactones) is 1. The summed E-state index contributed by atoms with van der Waals surface area (Å²) in [6.07, 6.45) is 19.7. The predicted molar refractivity (Wildman–Crippen MR) is 225 cm³/mol. The molecule has 13 nitrogen and oxygen atoms in total. The second-order valence-electron chi connectivity index (χ2n) is 15.6. The van der Waals surface area contributed by atoms with Crippen LogP contribution in [0.4, 0.5) is 0 Å². The van der Waals surface area contributed by atoms with Gasteiger partial charge in [-0.2, -0.15) is 0 Å². The van der Waals surface area contributed by atoms with Crippen LogP contribution < -0.4 is 0 Å². The van der Waals surface area contributed by atoms with E-state index in [9.17, 15) is 40.5 Å². The summed E-state index contributed by atoms with van der Waals surface area (Å²) in [7, 11) is 0. The molecular weight excluding hydrogens is 759 g/mol. The number of aliphatic hydroxyl groups is 7. The fourth-order valence-electron chi connectivity index (χ4n) is 6.59. The van der Waals surface area contributed by atoms with Crippen LogP contribution in [0.1, 0.15) is 78.8 Å². The van der Waals surface area contributed by atoms with Crippen molar-refractivity contribution in [2.45, 2.75) is 135 Å². The fraction of sp³-hybridized carbons (Fsp3) is 0.522. The van der Waals surface area contributed by atoms with E-state index < -0.39 is 85.1 Å². The second kappa shape index (κ2) is 24.9. The van der Waals surface area contributed by atoms with Crippen molar-refractivity contribution >= 4 is 12.0 Å². The van der Waals surface area contributed by atoms with Gasteiger partial charge in [0.05, 0.1) is 42.5 Å². The summed E-state index contributed by atoms with van der Waals surface area (Å²) in [5.74, 6) is -1.88. The smallest absolute Gasteiger partial charge is 0.331 e. The Morgan fingerprint density at radius 3 is 2.10 bits per heavy atom. The Morgan fingerprint density at radius 1 is 0.780 bits per heavy atom. The molecule has 2 aliphatic rings. The molecule has 0 amide bonds. The molecule has 10 unspecified atom stereocenters. The maximum Gasteiger partial charge on any atom is 0.331 e. The summed E-state index contributed by atoms with van der Waals surface area (Å²) in [6, 6.07) is 0. The molecule has 1 saturated heterocycles. The van der Waals surface area contributed by atoms with Crippen LogP contribution in [0.3, 0.4) is 0 Å². The molecule has 3 rings (SSSR count). The molecule has 1 aromatic heterocycles. The van der Waals surface area contributed by atoms with E-state index in [-0.39, 0.29) is 24.7 Å². The zero-order valence-corrected chi connectivity index (χ0v) is 35.1. The first-order valence-electron chi connectivity index (χ1n) is 20.3. The quantitative estimate of drug-likeness (QED) is 0.190. The van der Waals surface area contributed by atoms with Crippen LogP contribution in [0.2, 0.25) is 0 Å². The third kappa shape index (κ3) is 16.5. The molecular formula is C46H65NO12. The number of allylic oxidation sites excluding steroid dienone is 12. The summed E-state index contributed by atoms with van der Waals surface area (Å²) >= 11 is 0. The van der Waals surface area contributed by atoms with Crippen molar-refractivity contribution in [3.8, 4) is 0 Å². The highest BCUT2D eigenvalue weighted by Gasteiger charge is 2.43. The molecule has 3 heterocycles. The molecule has 1 aromatic rings. The Balaban J connectivity index is 1.91. The van der Waals surface area contributed by atoms with Crippen molar-refractivity contribution in [2.75, 3.05) is 0 Å². The van der Waals surface area contributed by atoms with Crippen molar-refractivity contribution in [3.63, 3.8) is 0 Å². The number of ether oxygens (including phenoxy) is 3. The van der Waals surface area contributed by atoms with Gasteiger partial charge < -0.3 is 54.4 Å². The van der Waals surface area contributed by atoms with E-state index in [2.05, 4.69) is 4.98 Å². The highest BCUT2D eigenvalue weighted by atomic mass is 16.7. The summed E-state index contributed by atoms with van der Waals surface area (Å²) in [6.45, 7) is 12.4. The van der Waals surface area contributed by atoms with Crippen LogP contribution in [0.25, 0.3) is 6.08 Å². The Morgan fingerprint density at radius 2 is 1.41 bits per heavy atom. The van der Waals surface area contributed by atoms with Crippen LogP contribution in [0.15, 0.2) is 113 Å². The molecule has 0 aliphatic carbocycles. The lowest BCUT2D eigenvalue weighted by molar-refractivity contribution is -0.302. The van der Waals surface area contributed by atoms with Crippen molar-refractivity contribution in [2.24, 2.45) is 17.8 Å². The summed E-state index contributed by atoms with van der Waals surface area (Å²) < 4.78 is 23.4. The molecule has 2 aliphatic heterocycles. The molecule has 13 heteroatoms. The van der Waals surface area contributed by atoms with Crippen molar-refractivity contribution < 1.29 is 59.2 Å². The number of rotatable bonds is 6. The standard InChI is InChI=1S/C46H65NO12/c1-28-18-12-8-11-15-23-40(52)59-44(32(5)37(50)25-31(4)48)29(2)19-13-9-10-14-21-36(49)26-38(51)33(6)45-47-35(27-56-45)20-16-17-22-39(30(3)24-28)58-46-43(55)42(54)41(53)34(7)57-46/h8-24,27,29-34,36-39,41-44,46,48-51,53-55H,25-26H2,1-7H3/b10-9-,11-8-,18-12-,19-13-,20-16-,21-14-,22-17-,23-15-,28-24-/t29?,30?,31?,32?,33?,34-,36?,37?,38?,39?,41-,42+,43-,44?,46+/m1/s1. The molecule has 2 bridgehead atoms. The minimum atomic E-state index is -1.49. The maximum atomic E-state index is 12.9. The predicted octanol–water partition coefficient (Wildman–Crippen LogP) is 4.92. The first kappa shape index (κ1) is 49.3. The zero-order valence-electron chi connectivity index (χ0n) is 35.1. The third-order valence-electron chi connectivity index (χ3n) is 10.3. The van der Waals surface area contributed by atoms with E-state index in [1.165, 1.54) is 12.3 Å². The topological polar surface area (TPSA) is 212 Å². The molecule has 59 heavy (non-hydrogen) atoms. The number of nitrogens with zero attached hydrogens (tertiary/aromatic N) is 1. The van der Waals surface area contributed by atoms with E-state index in [1.54, 1.807) is 107 Å². The monoisotopic (exact) mass is 823 g/mol. The number of esters is 1. The number of oxazole rings is 1. The van der Waals surface area contributed by atoms with E-state index in [4.69, 9.17) is 18.6 Å². The molecule has 1 fully saturated rings. The molecule has 0 radical (unpaired) electrons. The van der Waals surface area contributed by atoms with E-state index in [0.717, 1.165) is 5.57 Å². The lowest BCUT2D eigenvalue weighted by Gasteiger charge is -2.40. The first-order chi connectivity index (χ1) is 28.0. The van der Waals surface area contributed by atoms with Crippen LogP contribution in [-0.4, -0.2) is 114 Å². The number of fused-ring (bicyclic) bond motifs is 2. The van der Waals surface area contributed by atoms with Gasteiger partial charge in [-0.25, -0.2) is 9.78 Å². The van der Waals surface area contributed by atoms with Crippen LogP contribution in [0.5, 0.6) is 0 Å². The molecule has 0 saturated carbocycles. The lowest BCUT2D eigenvalue weighted by atomic mass is 9.86. The summed E-state index contributed by atoms with van der Waals surface area (Å²) in [4.78, 5) is 17.4. The molecule has 0 spiro atoms. The average Bonchev–Trinajstić information content (AvgIpc) is 3.66. The van der Waals surface area contributed by atoms with Gasteiger partial charge in [0.2, 0.25) is 0 Å². The van der Waals surface area contributed by atoms with Gasteiger partial charge >= 0.3 is 5.97 Å². The third-order valence-corrected chi connectivity index (χ3v) is 10.3. The molecule has 7 N–H and O–H groups in total. The van der Waals surface area contributed by atoms with Crippen LogP contribution in [0, 0.1) is 17.8 Å². The molecule has 326 valence electrons. The van der Waals surface area contributed by atoms with E-state index in [0.29, 0.717) is 11.6 Å². The Bertz CT molecular complexity index is 1700. The SMILES string of the molecule is CC1=C\C(C)C(O[C@@H]2O[C@H](C)[C@@H](O)[C@H](O)[C@H]2O)/C=C\C=C/c2coc(n2)C(C)C(O)CC(O)\C=C/C=C\C=C/C(C)C(C(C)C(O)CC(C)O)OC(=O)\C=C/C=C\C=C/1. The van der Waals surface area contributed by atoms with Crippen molar-refractivity contribution in [1.29, 1.82) is 0 Å². The number of hydrogen-bond acceptors (Lipinski definition) is 13. The number of carbonyl (C=O) groups is 1. The molecule has 15 atom stereocenters. The van der Waals surface area contributed by atoms with Gasteiger partial charge in [0.1, 0.15) is 36.4 Å². The van der Waals surface area contributed by atoms with Crippen LogP contribution in [-0.2, 0) is 19.0 Å². The Hall–Kier alpha value is -4.02. The van der Waals surface area contributed by atoms with E-state index in [1.807, 2.05) is 39.0 Å². The minimum Gasteiger partial charge on any atom is -0.458 e. The van der Waals surface area contributed by atoms with Crippen LogP contribution >= 0.6 is 0 Å². The summed E-state index contributed by atoms with van der Waals surface area (Å²) in [5.41, 5.74) is 1.39. The highest BCUT2D eigenvalue weighted by molar-refractivity contribution is 5.82. The fourth-order valence-corrected chi connectivity index (χ4v) is 6.59. The van der Waals surface area contributed by atoms with Gasteiger partial charge in [-0.1, -0.05) is 124 Å². The lowest BCUT2D eigenvalue weighted by Crippen LogP contribution is -2.58. The normalized spacial score (nSPS) is 39.0. The number of hydrogen-bond donors (Lipinski definition) is 7. The van der Waals surface area contributed by atoms with Crippen molar-refractivity contribution in [3.05, 3.63) is 121 Å². The average molecular weight is 824 g/mol. The van der Waals surface area contributed by atoms with E-state index >= 15 is 0 Å². The Labute approximate surface area is 348 Å². The number of carbonyl (C=O) groups excluding carboxylic acids is 1.